The van der Waals surface area contributed by atoms with Crippen molar-refractivity contribution in [3.05, 3.63) is 35.4 Å². The monoisotopic (exact) mass is 214 g/mol. The number of ketones is 1. The van der Waals surface area contributed by atoms with Crippen LogP contribution in [0.5, 0.6) is 0 Å². The molecule has 0 aliphatic rings. The predicted molar refractivity (Wildman–Crippen MR) is 53.6 cm³/mol. The summed E-state index contributed by atoms with van der Waals surface area (Å²) < 4.78 is 25.2. The number of thiocarbonyl (C=S) groups is 1. The molecule has 0 radical (unpaired) electrons. The maximum Gasteiger partial charge on any atom is 0.167 e. The summed E-state index contributed by atoms with van der Waals surface area (Å²) in [5, 5.41) is 0. The maximum absolute atomic E-state index is 12.7. The zero-order chi connectivity index (χ0) is 10.7. The second-order valence-electron chi connectivity index (χ2n) is 2.93. The highest BCUT2D eigenvalue weighted by molar-refractivity contribution is 7.80. The fourth-order valence-corrected chi connectivity index (χ4v) is 1.13. The number of hydrogen-bond acceptors (Lipinski definition) is 2. The largest absolute Gasteiger partial charge is 0.294 e. The normalized spacial score (nSPS) is 9.93. The molecule has 14 heavy (non-hydrogen) atoms. The smallest absolute Gasteiger partial charge is 0.167 e. The molecule has 0 aliphatic heterocycles. The van der Waals surface area contributed by atoms with Crippen LogP contribution in [0.25, 0.3) is 0 Å². The number of Topliss-reactive ketones (excluding diaryl/α,β-unsaturated/α-hetero) is 1. The molecule has 0 spiro atoms. The Bertz CT molecular complexity index is 388. The molecule has 1 aromatic rings. The van der Waals surface area contributed by atoms with Gasteiger partial charge in [-0.25, -0.2) is 8.78 Å². The Morgan fingerprint density at radius 3 is 2.50 bits per heavy atom. The highest BCUT2D eigenvalue weighted by atomic mass is 32.1. The lowest BCUT2D eigenvalue weighted by molar-refractivity contribution is 0.100. The minimum atomic E-state index is -1.02. The highest BCUT2D eigenvalue weighted by Crippen LogP contribution is 2.10. The lowest BCUT2D eigenvalue weighted by Gasteiger charge is -2.00. The molecule has 0 heterocycles. The van der Waals surface area contributed by atoms with E-state index < -0.39 is 11.6 Å². The maximum atomic E-state index is 12.7. The Morgan fingerprint density at radius 1 is 1.36 bits per heavy atom. The van der Waals surface area contributed by atoms with Crippen LogP contribution in [0.1, 0.15) is 23.7 Å². The first kappa shape index (κ1) is 10.9. The van der Waals surface area contributed by atoms with E-state index in [-0.39, 0.29) is 17.8 Å². The summed E-state index contributed by atoms with van der Waals surface area (Å²) in [6.07, 6.45) is 0.0837. The predicted octanol–water partition coefficient (Wildman–Crippen LogP) is 2.93. The number of rotatable bonds is 3. The van der Waals surface area contributed by atoms with Gasteiger partial charge in [0.05, 0.1) is 0 Å². The fraction of sp³-hybridized carbons (Fsp3) is 0.200. The molecule has 0 bridgehead atoms. The third-order valence-electron chi connectivity index (χ3n) is 1.65. The third kappa shape index (κ3) is 2.67. The topological polar surface area (TPSA) is 17.1 Å². The zero-order valence-electron chi connectivity index (χ0n) is 7.51. The number of carbonyl (C=O) groups is 1. The van der Waals surface area contributed by atoms with Gasteiger partial charge in [-0.3, -0.25) is 4.79 Å². The van der Waals surface area contributed by atoms with Gasteiger partial charge in [-0.15, -0.1) is 0 Å². The van der Waals surface area contributed by atoms with E-state index in [1.165, 1.54) is 6.07 Å². The molecule has 1 rings (SSSR count). The van der Waals surface area contributed by atoms with Gasteiger partial charge in [0.25, 0.3) is 0 Å². The van der Waals surface area contributed by atoms with Gasteiger partial charge in [0.15, 0.2) is 17.4 Å². The molecular weight excluding hydrogens is 206 g/mol. The summed E-state index contributed by atoms with van der Waals surface area (Å²) in [6.45, 7) is 1.63. The molecule has 0 aliphatic carbocycles. The van der Waals surface area contributed by atoms with Crippen molar-refractivity contribution in [3.63, 3.8) is 0 Å². The third-order valence-corrected chi connectivity index (χ3v) is 1.80. The molecule has 0 unspecified atom stereocenters. The second-order valence-corrected chi connectivity index (χ2v) is 3.63. The van der Waals surface area contributed by atoms with Crippen LogP contribution < -0.4 is 0 Å². The van der Waals surface area contributed by atoms with Crippen molar-refractivity contribution in [2.45, 2.75) is 13.3 Å². The molecule has 1 nitrogen and oxygen atoms in total. The average Bonchev–Trinajstić information content (AvgIpc) is 2.08. The van der Waals surface area contributed by atoms with Gasteiger partial charge < -0.3 is 0 Å². The van der Waals surface area contributed by atoms with Gasteiger partial charge in [-0.1, -0.05) is 12.2 Å². The summed E-state index contributed by atoms with van der Waals surface area (Å²) in [4.78, 5) is 11.9. The molecule has 4 heteroatoms. The first-order chi connectivity index (χ1) is 6.50. The molecule has 0 aromatic heterocycles. The van der Waals surface area contributed by atoms with Crippen molar-refractivity contribution in [1.82, 2.24) is 0 Å². The van der Waals surface area contributed by atoms with Crippen LogP contribution in [-0.2, 0) is 0 Å². The van der Waals surface area contributed by atoms with Crippen LogP contribution in [0.3, 0.4) is 0 Å². The van der Waals surface area contributed by atoms with E-state index >= 15 is 0 Å². The summed E-state index contributed by atoms with van der Waals surface area (Å²) in [5.41, 5.74) is 0.146. The van der Waals surface area contributed by atoms with Gasteiger partial charge >= 0.3 is 0 Å². The molecule has 0 amide bonds. The molecule has 0 atom stereocenters. The standard InChI is InChI=1S/C10H8F2OS/c1-6(14)4-10(13)7-2-3-8(11)9(12)5-7/h2-3,5H,4H2,1H3. The first-order valence-electron chi connectivity index (χ1n) is 3.98. The molecule has 0 saturated heterocycles. The van der Waals surface area contributed by atoms with Crippen LogP contribution in [0.15, 0.2) is 18.2 Å². The summed E-state index contributed by atoms with van der Waals surface area (Å²) >= 11 is 4.74. The average molecular weight is 214 g/mol. The van der Waals surface area contributed by atoms with Gasteiger partial charge in [0, 0.05) is 12.0 Å². The number of halogens is 2. The van der Waals surface area contributed by atoms with Gasteiger partial charge in [-0.2, -0.15) is 0 Å². The van der Waals surface area contributed by atoms with E-state index in [2.05, 4.69) is 0 Å². The van der Waals surface area contributed by atoms with Crippen LogP contribution in [0.2, 0.25) is 0 Å². The number of carbonyl (C=O) groups excluding carboxylic acids is 1. The Kier molecular flexibility index (Phi) is 3.41. The lowest BCUT2D eigenvalue weighted by Crippen LogP contribution is -2.04. The van der Waals surface area contributed by atoms with Gasteiger partial charge in [0.1, 0.15) is 0 Å². The van der Waals surface area contributed by atoms with Crippen LogP contribution in [0.4, 0.5) is 8.78 Å². The molecule has 1 aromatic carbocycles. The van der Waals surface area contributed by atoms with Crippen molar-refractivity contribution >= 4 is 22.9 Å². The van der Waals surface area contributed by atoms with Crippen molar-refractivity contribution in [2.24, 2.45) is 0 Å². The summed E-state index contributed by atoms with van der Waals surface area (Å²) in [5.74, 6) is -2.27. The van der Waals surface area contributed by atoms with Crippen molar-refractivity contribution in [3.8, 4) is 0 Å². The minimum Gasteiger partial charge on any atom is -0.294 e. The summed E-state index contributed by atoms with van der Waals surface area (Å²) in [7, 11) is 0. The molecule has 0 saturated carbocycles. The molecule has 0 fully saturated rings. The summed E-state index contributed by atoms with van der Waals surface area (Å²) in [6, 6.07) is 3.07. The highest BCUT2D eigenvalue weighted by Gasteiger charge is 2.09. The van der Waals surface area contributed by atoms with E-state index in [9.17, 15) is 13.6 Å². The number of hydrogen-bond donors (Lipinski definition) is 0. The Morgan fingerprint density at radius 2 is 2.00 bits per heavy atom. The van der Waals surface area contributed by atoms with E-state index in [1.807, 2.05) is 0 Å². The van der Waals surface area contributed by atoms with E-state index in [0.717, 1.165) is 12.1 Å². The zero-order valence-corrected chi connectivity index (χ0v) is 8.33. The van der Waals surface area contributed by atoms with Crippen LogP contribution in [0, 0.1) is 11.6 Å². The molecule has 0 N–H and O–H groups in total. The molecule has 74 valence electrons. The Balaban J connectivity index is 2.91. The lowest BCUT2D eigenvalue weighted by atomic mass is 10.1. The van der Waals surface area contributed by atoms with Crippen molar-refractivity contribution < 1.29 is 13.6 Å². The molecular formula is C10H8F2OS. The first-order valence-corrected chi connectivity index (χ1v) is 4.39. The second kappa shape index (κ2) is 4.37. The van der Waals surface area contributed by atoms with E-state index in [0.29, 0.717) is 4.86 Å². The number of benzene rings is 1. The van der Waals surface area contributed by atoms with Crippen LogP contribution >= 0.6 is 12.2 Å². The van der Waals surface area contributed by atoms with Gasteiger partial charge in [0.2, 0.25) is 0 Å². The van der Waals surface area contributed by atoms with E-state index in [1.54, 1.807) is 6.92 Å². The van der Waals surface area contributed by atoms with Gasteiger partial charge in [-0.05, 0) is 30.0 Å². The Labute approximate surface area is 85.7 Å². The van der Waals surface area contributed by atoms with E-state index in [4.69, 9.17) is 12.2 Å². The van der Waals surface area contributed by atoms with Crippen molar-refractivity contribution in [1.29, 1.82) is 0 Å². The Hall–Kier alpha value is -1.16. The quantitative estimate of drug-likeness (QED) is 0.568. The van der Waals surface area contributed by atoms with Crippen molar-refractivity contribution in [2.75, 3.05) is 0 Å². The SMILES string of the molecule is CC(=S)CC(=O)c1ccc(F)c(F)c1. The fourth-order valence-electron chi connectivity index (χ4n) is 0.998. The van der Waals surface area contributed by atoms with Crippen LogP contribution in [-0.4, -0.2) is 10.6 Å². The minimum absolute atomic E-state index is 0.0837.